The lowest BCUT2D eigenvalue weighted by molar-refractivity contribution is -0.319. The minimum atomic E-state index is -1.98. The van der Waals surface area contributed by atoms with E-state index in [4.69, 9.17) is 33.2 Å². The van der Waals surface area contributed by atoms with Crippen LogP contribution >= 0.6 is 0 Å². The molecule has 1 aromatic rings. The number of carbonyl (C=O) groups excluding carboxylic acids is 2. The van der Waals surface area contributed by atoms with Gasteiger partial charge in [0.1, 0.15) is 29.7 Å². The SMILES string of the molecule is CC[C@H]1OC(=O)[C@H](C)[C@@H](O[C@H]2C[C@@](C)(OC)[C@@H](O)[C@H](C)O2)[C@H](C)[C@@H](O[C@@H]2O[C@H](C)C[C@H](N(C)Cc3ccc(N(C)C)cc3)[C@H]2O)[C@@](C)(OC)C[C@@H](C)C(=O)[C@H](C)[C@@H](O)[C@]1(C)O. The maximum absolute atomic E-state index is 14.4. The highest BCUT2D eigenvalue weighted by molar-refractivity contribution is 5.83. The zero-order valence-electron chi connectivity index (χ0n) is 39.4. The van der Waals surface area contributed by atoms with E-state index in [9.17, 15) is 30.0 Å². The summed E-state index contributed by atoms with van der Waals surface area (Å²) >= 11 is 0. The Labute approximate surface area is 364 Å². The predicted octanol–water partition coefficient (Wildman–Crippen LogP) is 4.08. The zero-order valence-corrected chi connectivity index (χ0v) is 39.4. The summed E-state index contributed by atoms with van der Waals surface area (Å²) in [6.07, 6.45) is -9.16. The van der Waals surface area contributed by atoms with Crippen molar-refractivity contribution < 1.29 is 63.2 Å². The minimum Gasteiger partial charge on any atom is -0.459 e. The topological polar surface area (TPSA) is 186 Å². The molecule has 1 aromatic carbocycles. The first kappa shape index (κ1) is 51.4. The monoisotopic (exact) mass is 867 g/mol. The molecule has 0 bridgehead atoms. The molecule has 0 aromatic heterocycles. The fraction of sp³-hybridized carbons (Fsp3) is 0.826. The zero-order chi connectivity index (χ0) is 45.9. The molecular weight excluding hydrogens is 789 g/mol. The van der Waals surface area contributed by atoms with Crippen LogP contribution in [0.15, 0.2) is 24.3 Å². The van der Waals surface area contributed by atoms with E-state index in [0.717, 1.165) is 11.3 Å². The van der Waals surface area contributed by atoms with Crippen LogP contribution in [0.3, 0.4) is 0 Å². The molecule has 0 amide bonds. The lowest BCUT2D eigenvalue weighted by Crippen LogP contribution is -2.61. The van der Waals surface area contributed by atoms with Gasteiger partial charge in [-0.2, -0.15) is 0 Å². The Morgan fingerprint density at radius 2 is 1.43 bits per heavy atom. The lowest BCUT2D eigenvalue weighted by Gasteiger charge is -2.50. The number of Topliss-reactive ketones (excluding diaryl/α,β-unsaturated/α-hetero) is 1. The van der Waals surface area contributed by atoms with Gasteiger partial charge in [0.05, 0.1) is 47.6 Å². The Morgan fingerprint density at radius 3 is 1.98 bits per heavy atom. The van der Waals surface area contributed by atoms with Gasteiger partial charge in [0.2, 0.25) is 0 Å². The number of cyclic esters (lactones) is 1. The molecule has 0 unspecified atom stereocenters. The number of likely N-dealkylation sites (N-methyl/N-ethyl adjacent to an activating group) is 1. The van der Waals surface area contributed by atoms with Crippen LogP contribution in [0.2, 0.25) is 0 Å². The molecule has 18 atom stereocenters. The molecule has 0 saturated carbocycles. The van der Waals surface area contributed by atoms with Crippen LogP contribution in [0.1, 0.15) is 100 Å². The molecule has 350 valence electrons. The first-order valence-electron chi connectivity index (χ1n) is 22.0. The summed E-state index contributed by atoms with van der Waals surface area (Å²) in [5, 5.41) is 46.5. The summed E-state index contributed by atoms with van der Waals surface area (Å²) < 4.78 is 44.6. The Bertz CT molecular complexity index is 1580. The molecule has 4 rings (SSSR count). The summed E-state index contributed by atoms with van der Waals surface area (Å²) in [5.74, 6) is -4.59. The highest BCUT2D eigenvalue weighted by Gasteiger charge is 2.54. The number of hydrogen-bond acceptors (Lipinski definition) is 15. The normalized spacial score (nSPS) is 43.4. The molecule has 0 radical (unpaired) electrons. The van der Waals surface area contributed by atoms with Crippen LogP contribution in [-0.2, 0) is 49.3 Å². The maximum Gasteiger partial charge on any atom is 0.311 e. The lowest BCUT2D eigenvalue weighted by atomic mass is 9.74. The molecule has 61 heavy (non-hydrogen) atoms. The number of carbonyl (C=O) groups is 2. The third kappa shape index (κ3) is 11.3. The van der Waals surface area contributed by atoms with Crippen LogP contribution in [0.25, 0.3) is 0 Å². The van der Waals surface area contributed by atoms with E-state index in [0.29, 0.717) is 13.0 Å². The Hall–Kier alpha value is -2.28. The predicted molar refractivity (Wildman–Crippen MR) is 230 cm³/mol. The second-order valence-corrected chi connectivity index (χ2v) is 19.1. The third-order valence-electron chi connectivity index (χ3n) is 14.1. The van der Waals surface area contributed by atoms with Crippen molar-refractivity contribution >= 4 is 17.4 Å². The molecule has 4 N–H and O–H groups in total. The van der Waals surface area contributed by atoms with E-state index in [2.05, 4.69) is 29.2 Å². The number of rotatable bonds is 11. The van der Waals surface area contributed by atoms with Gasteiger partial charge in [-0.05, 0) is 85.5 Å². The number of hydrogen-bond donors (Lipinski definition) is 4. The van der Waals surface area contributed by atoms with Crippen molar-refractivity contribution in [2.45, 2.75) is 186 Å². The molecule has 15 nitrogen and oxygen atoms in total. The summed E-state index contributed by atoms with van der Waals surface area (Å²) in [4.78, 5) is 32.7. The number of aliphatic hydroxyl groups is 4. The summed E-state index contributed by atoms with van der Waals surface area (Å²) in [5.41, 5.74) is -2.17. The third-order valence-corrected chi connectivity index (χ3v) is 14.1. The second-order valence-electron chi connectivity index (χ2n) is 19.1. The molecule has 0 aliphatic carbocycles. The maximum atomic E-state index is 14.4. The first-order valence-corrected chi connectivity index (χ1v) is 22.0. The van der Waals surface area contributed by atoms with Crippen molar-refractivity contribution in [3.63, 3.8) is 0 Å². The molecular formula is C46H78N2O13. The van der Waals surface area contributed by atoms with Crippen molar-refractivity contribution in [1.82, 2.24) is 4.90 Å². The molecule has 3 aliphatic heterocycles. The summed E-state index contributed by atoms with van der Waals surface area (Å²) in [6.45, 7) is 17.7. The molecule has 3 saturated heterocycles. The number of esters is 1. The number of anilines is 1. The minimum absolute atomic E-state index is 0.0921. The van der Waals surface area contributed by atoms with E-state index in [1.165, 1.54) is 21.1 Å². The van der Waals surface area contributed by atoms with Crippen molar-refractivity contribution in [2.24, 2.45) is 23.7 Å². The van der Waals surface area contributed by atoms with Crippen molar-refractivity contribution in [3.8, 4) is 0 Å². The van der Waals surface area contributed by atoms with Crippen LogP contribution < -0.4 is 4.90 Å². The van der Waals surface area contributed by atoms with E-state index in [1.54, 1.807) is 41.5 Å². The number of benzene rings is 1. The average molecular weight is 867 g/mol. The van der Waals surface area contributed by atoms with Gasteiger partial charge in [0.25, 0.3) is 0 Å². The van der Waals surface area contributed by atoms with Crippen molar-refractivity contribution in [3.05, 3.63) is 29.8 Å². The highest BCUT2D eigenvalue weighted by Crippen LogP contribution is 2.42. The van der Waals surface area contributed by atoms with E-state index >= 15 is 0 Å². The van der Waals surface area contributed by atoms with Crippen LogP contribution in [0.5, 0.6) is 0 Å². The smallest absolute Gasteiger partial charge is 0.311 e. The van der Waals surface area contributed by atoms with Gasteiger partial charge in [0, 0.05) is 70.8 Å². The number of methoxy groups -OCH3 is 2. The number of aliphatic hydroxyl groups excluding tert-OH is 3. The largest absolute Gasteiger partial charge is 0.459 e. The van der Waals surface area contributed by atoms with Crippen molar-refractivity contribution in [2.75, 3.05) is 40.3 Å². The van der Waals surface area contributed by atoms with E-state index in [1.807, 2.05) is 46.8 Å². The summed E-state index contributed by atoms with van der Waals surface area (Å²) in [7, 11) is 8.97. The molecule has 3 aliphatic rings. The van der Waals surface area contributed by atoms with Gasteiger partial charge in [-0.25, -0.2) is 0 Å². The van der Waals surface area contributed by atoms with Crippen LogP contribution in [0.4, 0.5) is 5.69 Å². The Kier molecular flexibility index (Phi) is 17.4. The second kappa shape index (κ2) is 20.7. The molecule has 15 heteroatoms. The van der Waals surface area contributed by atoms with E-state index < -0.39 is 102 Å². The van der Waals surface area contributed by atoms with Crippen LogP contribution in [-0.4, -0.2) is 157 Å². The molecule has 0 spiro atoms. The van der Waals surface area contributed by atoms with Gasteiger partial charge in [-0.3, -0.25) is 14.5 Å². The number of nitrogens with zero attached hydrogens (tertiary/aromatic N) is 2. The standard InChI is InChI=1S/C46H78N2O13/c1-16-34-46(10,54)39(51)27(4)36(49)25(2)22-45(9,56-15)41(28(5)38(29(6)42(53)59-34)60-35-23-44(8,55-14)40(52)30(7)58-35)61-43-37(50)33(21-26(3)57-43)48(13)24-31-17-19-32(20-18-31)47(11)12/h17-20,25-30,33-35,37-41,43,50-52,54H,16,21-24H2,1-15H3/t25-,26-,27+,28+,29-,30+,33+,34-,35+,37-,38+,39-,40+,41-,43+,44-,45+,46-/m1/s1. The fourth-order valence-electron chi connectivity index (χ4n) is 9.81. The number of ether oxygens (including phenoxy) is 7. The molecule has 3 heterocycles. The quantitative estimate of drug-likeness (QED) is 0.233. The number of ketones is 1. The van der Waals surface area contributed by atoms with Crippen molar-refractivity contribution in [1.29, 1.82) is 0 Å². The average Bonchev–Trinajstić information content (AvgIpc) is 3.21. The van der Waals surface area contributed by atoms with Gasteiger partial charge >= 0.3 is 5.97 Å². The summed E-state index contributed by atoms with van der Waals surface area (Å²) in [6, 6.07) is 7.88. The van der Waals surface area contributed by atoms with Gasteiger partial charge in [-0.1, -0.05) is 39.8 Å². The van der Waals surface area contributed by atoms with Gasteiger partial charge in [0.15, 0.2) is 12.6 Å². The Balaban J connectivity index is 1.81. The molecule has 3 fully saturated rings. The van der Waals surface area contributed by atoms with Crippen LogP contribution in [0, 0.1) is 23.7 Å². The van der Waals surface area contributed by atoms with Gasteiger partial charge < -0.3 is 58.5 Å². The van der Waals surface area contributed by atoms with E-state index in [-0.39, 0.29) is 37.2 Å². The fourth-order valence-corrected chi connectivity index (χ4v) is 9.81. The Morgan fingerprint density at radius 1 is 0.820 bits per heavy atom. The highest BCUT2D eigenvalue weighted by atomic mass is 16.7. The van der Waals surface area contributed by atoms with Gasteiger partial charge in [-0.15, -0.1) is 0 Å². The first-order chi connectivity index (χ1) is 28.3.